The Morgan fingerprint density at radius 3 is 2.37 bits per heavy atom. The molecule has 2 aromatic carbocycles. The number of carbonyl (C=O) groups is 2. The zero-order valence-electron chi connectivity index (χ0n) is 17.2. The fraction of sp³-hybridized carbons (Fsp3) is 0.417. The Morgan fingerprint density at radius 2 is 1.60 bits per heavy atom. The van der Waals surface area contributed by atoms with Crippen molar-refractivity contribution in [2.24, 2.45) is 0 Å². The van der Waals surface area contributed by atoms with Crippen LogP contribution in [0.3, 0.4) is 0 Å². The van der Waals surface area contributed by atoms with Crippen molar-refractivity contribution in [1.29, 1.82) is 0 Å². The molecule has 0 radical (unpaired) electrons. The maximum Gasteiger partial charge on any atom is 0.253 e. The van der Waals surface area contributed by atoms with Gasteiger partial charge >= 0.3 is 0 Å². The van der Waals surface area contributed by atoms with E-state index in [1.165, 1.54) is 25.0 Å². The van der Waals surface area contributed by atoms with E-state index in [4.69, 9.17) is 0 Å². The molecule has 0 saturated carbocycles. The van der Waals surface area contributed by atoms with Crippen molar-refractivity contribution in [3.8, 4) is 11.1 Å². The van der Waals surface area contributed by atoms with Crippen molar-refractivity contribution in [2.45, 2.75) is 19.3 Å². The molecule has 4 rings (SSSR count). The zero-order chi connectivity index (χ0) is 20.9. The zero-order valence-corrected chi connectivity index (χ0v) is 17.2. The molecular formula is C24H28FN3O2. The molecule has 2 aliphatic rings. The smallest absolute Gasteiger partial charge is 0.253 e. The molecule has 2 aromatic rings. The minimum Gasteiger partial charge on any atom is -0.340 e. The Kier molecular flexibility index (Phi) is 6.43. The SMILES string of the molecule is O=C1CCN(C(=O)c2cccc(-c3cccc(F)c3)c2)CCN1CCN1CCCC1. The molecule has 0 spiro atoms. The second-order valence-corrected chi connectivity index (χ2v) is 8.06. The van der Waals surface area contributed by atoms with Crippen LogP contribution in [0.4, 0.5) is 4.39 Å². The van der Waals surface area contributed by atoms with Crippen LogP contribution in [0.15, 0.2) is 48.5 Å². The van der Waals surface area contributed by atoms with E-state index >= 15 is 0 Å². The molecule has 0 bridgehead atoms. The lowest BCUT2D eigenvalue weighted by Crippen LogP contribution is -2.39. The summed E-state index contributed by atoms with van der Waals surface area (Å²) in [6.07, 6.45) is 2.84. The van der Waals surface area contributed by atoms with E-state index in [0.29, 0.717) is 31.6 Å². The molecule has 2 heterocycles. The lowest BCUT2D eigenvalue weighted by atomic mass is 10.0. The molecule has 30 heavy (non-hydrogen) atoms. The number of carbonyl (C=O) groups excluding carboxylic acids is 2. The molecule has 158 valence electrons. The van der Waals surface area contributed by atoms with Gasteiger partial charge in [-0.15, -0.1) is 0 Å². The second-order valence-electron chi connectivity index (χ2n) is 8.06. The Bertz CT molecular complexity index is 911. The van der Waals surface area contributed by atoms with E-state index in [1.54, 1.807) is 23.1 Å². The molecule has 0 atom stereocenters. The first-order valence-electron chi connectivity index (χ1n) is 10.8. The third-order valence-corrected chi connectivity index (χ3v) is 6.03. The molecule has 6 heteroatoms. The standard InChI is InChI=1S/C24H28FN3O2/c25-22-8-4-6-20(18-22)19-5-3-7-21(17-19)24(30)28-12-9-23(29)27(15-16-28)14-13-26-10-1-2-11-26/h3-8,17-18H,1-2,9-16H2. The Labute approximate surface area is 177 Å². The van der Waals surface area contributed by atoms with Crippen LogP contribution in [0.1, 0.15) is 29.6 Å². The average molecular weight is 410 g/mol. The molecule has 2 saturated heterocycles. The number of hydrogen-bond acceptors (Lipinski definition) is 3. The summed E-state index contributed by atoms with van der Waals surface area (Å²) < 4.78 is 13.6. The third kappa shape index (κ3) is 4.87. The molecule has 0 unspecified atom stereocenters. The number of halogens is 1. The first-order chi connectivity index (χ1) is 14.6. The van der Waals surface area contributed by atoms with E-state index in [9.17, 15) is 14.0 Å². The van der Waals surface area contributed by atoms with Crippen LogP contribution in [0.5, 0.6) is 0 Å². The summed E-state index contributed by atoms with van der Waals surface area (Å²) in [4.78, 5) is 31.7. The number of rotatable bonds is 5. The van der Waals surface area contributed by atoms with Gasteiger partial charge in [0.1, 0.15) is 5.82 Å². The molecule has 5 nitrogen and oxygen atoms in total. The van der Waals surface area contributed by atoms with Crippen LogP contribution >= 0.6 is 0 Å². The van der Waals surface area contributed by atoms with Crippen molar-refractivity contribution in [2.75, 3.05) is 45.8 Å². The van der Waals surface area contributed by atoms with E-state index in [2.05, 4.69) is 4.90 Å². The summed E-state index contributed by atoms with van der Waals surface area (Å²) in [7, 11) is 0. The fourth-order valence-corrected chi connectivity index (χ4v) is 4.26. The predicted octanol–water partition coefficient (Wildman–Crippen LogP) is 3.26. The van der Waals surface area contributed by atoms with Crippen LogP contribution in [-0.4, -0.2) is 72.3 Å². The van der Waals surface area contributed by atoms with Crippen molar-refractivity contribution < 1.29 is 14.0 Å². The third-order valence-electron chi connectivity index (χ3n) is 6.03. The van der Waals surface area contributed by atoms with Gasteiger partial charge in [0, 0.05) is 44.7 Å². The van der Waals surface area contributed by atoms with Crippen LogP contribution < -0.4 is 0 Å². The molecule has 0 N–H and O–H groups in total. The monoisotopic (exact) mass is 409 g/mol. The number of amides is 2. The minimum atomic E-state index is -0.302. The van der Waals surface area contributed by atoms with Crippen molar-refractivity contribution in [3.63, 3.8) is 0 Å². The molecule has 0 aromatic heterocycles. The number of likely N-dealkylation sites (tertiary alicyclic amines) is 1. The van der Waals surface area contributed by atoms with Crippen molar-refractivity contribution in [1.82, 2.24) is 14.7 Å². The molecular weight excluding hydrogens is 381 g/mol. The second kappa shape index (κ2) is 9.39. The van der Waals surface area contributed by atoms with Crippen molar-refractivity contribution >= 4 is 11.8 Å². The molecule has 2 fully saturated rings. The molecule has 0 aliphatic carbocycles. The Hall–Kier alpha value is -2.73. The fourth-order valence-electron chi connectivity index (χ4n) is 4.26. The first kappa shape index (κ1) is 20.5. The van der Waals surface area contributed by atoms with Gasteiger partial charge in [0.25, 0.3) is 5.91 Å². The van der Waals surface area contributed by atoms with Gasteiger partial charge in [-0.3, -0.25) is 9.59 Å². The molecule has 2 aliphatic heterocycles. The van der Waals surface area contributed by atoms with Gasteiger partial charge in [0.15, 0.2) is 0 Å². The van der Waals surface area contributed by atoms with Crippen molar-refractivity contribution in [3.05, 3.63) is 59.9 Å². The van der Waals surface area contributed by atoms with Gasteiger partial charge in [0.05, 0.1) is 0 Å². The lowest BCUT2D eigenvalue weighted by molar-refractivity contribution is -0.130. The lowest BCUT2D eigenvalue weighted by Gasteiger charge is -2.24. The van der Waals surface area contributed by atoms with Gasteiger partial charge in [-0.05, 0) is 61.3 Å². The summed E-state index contributed by atoms with van der Waals surface area (Å²) in [6.45, 7) is 5.42. The highest BCUT2D eigenvalue weighted by Crippen LogP contribution is 2.22. The Morgan fingerprint density at radius 1 is 0.867 bits per heavy atom. The maximum absolute atomic E-state index is 13.6. The maximum atomic E-state index is 13.6. The molecule has 2 amide bonds. The van der Waals surface area contributed by atoms with E-state index in [-0.39, 0.29) is 17.6 Å². The topological polar surface area (TPSA) is 43.9 Å². The summed E-state index contributed by atoms with van der Waals surface area (Å²) in [5.41, 5.74) is 2.11. The highest BCUT2D eigenvalue weighted by atomic mass is 19.1. The average Bonchev–Trinajstić information content (AvgIpc) is 3.22. The van der Waals surface area contributed by atoms with E-state index in [1.807, 2.05) is 23.1 Å². The van der Waals surface area contributed by atoms with E-state index < -0.39 is 0 Å². The largest absolute Gasteiger partial charge is 0.340 e. The minimum absolute atomic E-state index is 0.0811. The van der Waals surface area contributed by atoms with Crippen LogP contribution in [0.25, 0.3) is 11.1 Å². The highest BCUT2D eigenvalue weighted by Gasteiger charge is 2.25. The quantitative estimate of drug-likeness (QED) is 0.761. The van der Waals surface area contributed by atoms with Gasteiger partial charge < -0.3 is 14.7 Å². The summed E-state index contributed by atoms with van der Waals surface area (Å²) >= 11 is 0. The highest BCUT2D eigenvalue weighted by molar-refractivity contribution is 5.96. The Balaban J connectivity index is 1.41. The predicted molar refractivity (Wildman–Crippen MR) is 115 cm³/mol. The van der Waals surface area contributed by atoms with Crippen LogP contribution in [-0.2, 0) is 4.79 Å². The summed E-state index contributed by atoms with van der Waals surface area (Å²) in [6, 6.07) is 13.6. The van der Waals surface area contributed by atoms with Gasteiger partial charge in [-0.25, -0.2) is 4.39 Å². The van der Waals surface area contributed by atoms with E-state index in [0.717, 1.165) is 37.3 Å². The van der Waals surface area contributed by atoms with Crippen LogP contribution in [0, 0.1) is 5.82 Å². The normalized spacial score (nSPS) is 18.0. The van der Waals surface area contributed by atoms with Crippen LogP contribution in [0.2, 0.25) is 0 Å². The van der Waals surface area contributed by atoms with Gasteiger partial charge in [-0.1, -0.05) is 24.3 Å². The number of benzene rings is 2. The summed E-state index contributed by atoms with van der Waals surface area (Å²) in [5.74, 6) is -0.260. The first-order valence-corrected chi connectivity index (χ1v) is 10.8. The number of hydrogen-bond donors (Lipinski definition) is 0. The number of nitrogens with zero attached hydrogens (tertiary/aromatic N) is 3. The summed E-state index contributed by atoms with van der Waals surface area (Å²) in [5, 5.41) is 0. The van der Waals surface area contributed by atoms with Gasteiger partial charge in [-0.2, -0.15) is 0 Å². The van der Waals surface area contributed by atoms with Gasteiger partial charge in [0.2, 0.25) is 5.91 Å².